The lowest BCUT2D eigenvalue weighted by atomic mass is 9.95. The van der Waals surface area contributed by atoms with E-state index in [2.05, 4.69) is 46.3 Å². The molecule has 0 aromatic heterocycles. The molecule has 2 aliphatic heterocycles. The number of aryl methyl sites for hydroxylation is 2. The highest BCUT2D eigenvalue weighted by atomic mass is 16.2. The van der Waals surface area contributed by atoms with Crippen LogP contribution in [0.2, 0.25) is 0 Å². The number of nitrogens with one attached hydrogen (secondary N) is 1. The minimum Gasteiger partial charge on any atom is -0.368 e. The highest BCUT2D eigenvalue weighted by Crippen LogP contribution is 2.22. The van der Waals surface area contributed by atoms with Crippen LogP contribution in [0, 0.1) is 19.8 Å². The molecule has 0 saturated carbocycles. The standard InChI is InChI=1S/C26H34N4O2/c1-20-8-9-23(18-21(20)2)27-25(31)19-28-12-10-22(11-13-28)26(32)30-16-14-29(15-17-30)24-6-4-3-5-7-24/h3-9,18,22H,10-17,19H2,1-2H3,(H,27,31). The average Bonchev–Trinajstić information content (AvgIpc) is 2.82. The predicted octanol–water partition coefficient (Wildman–Crippen LogP) is 3.30. The van der Waals surface area contributed by atoms with E-state index in [4.69, 9.17) is 0 Å². The molecule has 0 radical (unpaired) electrons. The van der Waals surface area contributed by atoms with Gasteiger partial charge in [0.2, 0.25) is 11.8 Å². The van der Waals surface area contributed by atoms with Gasteiger partial charge in [0, 0.05) is 43.5 Å². The Labute approximate surface area is 191 Å². The summed E-state index contributed by atoms with van der Waals surface area (Å²) in [6.45, 7) is 9.41. The maximum Gasteiger partial charge on any atom is 0.238 e. The molecular weight excluding hydrogens is 400 g/mol. The number of rotatable bonds is 5. The Morgan fingerprint density at radius 3 is 2.22 bits per heavy atom. The maximum atomic E-state index is 13.0. The Hall–Kier alpha value is -2.86. The first-order chi connectivity index (χ1) is 15.5. The zero-order valence-electron chi connectivity index (χ0n) is 19.2. The van der Waals surface area contributed by atoms with Crippen LogP contribution in [0.5, 0.6) is 0 Å². The Kier molecular flexibility index (Phi) is 7.10. The van der Waals surface area contributed by atoms with Gasteiger partial charge in [-0.1, -0.05) is 24.3 Å². The topological polar surface area (TPSA) is 55.9 Å². The number of anilines is 2. The van der Waals surface area contributed by atoms with Gasteiger partial charge in [-0.25, -0.2) is 0 Å². The summed E-state index contributed by atoms with van der Waals surface area (Å²) in [7, 11) is 0. The molecular formula is C26H34N4O2. The fourth-order valence-corrected chi connectivity index (χ4v) is 4.64. The molecule has 2 aromatic carbocycles. The van der Waals surface area contributed by atoms with Gasteiger partial charge in [-0.2, -0.15) is 0 Å². The van der Waals surface area contributed by atoms with Crippen LogP contribution in [-0.2, 0) is 9.59 Å². The molecule has 2 saturated heterocycles. The van der Waals surface area contributed by atoms with Gasteiger partial charge in [-0.3, -0.25) is 14.5 Å². The molecule has 0 aliphatic carbocycles. The summed E-state index contributed by atoms with van der Waals surface area (Å²) in [5, 5.41) is 3.00. The van der Waals surface area contributed by atoms with Crippen LogP contribution in [-0.4, -0.2) is 67.4 Å². The number of nitrogens with zero attached hydrogens (tertiary/aromatic N) is 3. The van der Waals surface area contributed by atoms with Gasteiger partial charge in [0.15, 0.2) is 0 Å². The number of amides is 2. The van der Waals surface area contributed by atoms with Crippen LogP contribution < -0.4 is 10.2 Å². The number of hydrogen-bond acceptors (Lipinski definition) is 4. The number of benzene rings is 2. The molecule has 0 unspecified atom stereocenters. The number of piperidine rings is 1. The molecule has 32 heavy (non-hydrogen) atoms. The SMILES string of the molecule is Cc1ccc(NC(=O)CN2CCC(C(=O)N3CCN(c4ccccc4)CC3)CC2)cc1C. The number of para-hydroxylation sites is 1. The number of likely N-dealkylation sites (tertiary alicyclic amines) is 1. The summed E-state index contributed by atoms with van der Waals surface area (Å²) in [6, 6.07) is 16.4. The quantitative estimate of drug-likeness (QED) is 0.785. The van der Waals surface area contributed by atoms with Gasteiger partial charge in [0.1, 0.15) is 0 Å². The second kappa shape index (κ2) is 10.2. The largest absolute Gasteiger partial charge is 0.368 e. The van der Waals surface area contributed by atoms with Crippen LogP contribution >= 0.6 is 0 Å². The Morgan fingerprint density at radius 1 is 0.875 bits per heavy atom. The van der Waals surface area contributed by atoms with Crippen molar-refractivity contribution in [1.82, 2.24) is 9.80 Å². The van der Waals surface area contributed by atoms with Gasteiger partial charge >= 0.3 is 0 Å². The third-order valence-corrected chi connectivity index (χ3v) is 6.81. The van der Waals surface area contributed by atoms with Crippen molar-refractivity contribution in [2.75, 3.05) is 56.0 Å². The van der Waals surface area contributed by atoms with Crippen molar-refractivity contribution in [1.29, 1.82) is 0 Å². The lowest BCUT2D eigenvalue weighted by molar-refractivity contribution is -0.137. The lowest BCUT2D eigenvalue weighted by Gasteiger charge is -2.39. The zero-order valence-corrected chi connectivity index (χ0v) is 19.2. The number of hydrogen-bond donors (Lipinski definition) is 1. The van der Waals surface area contributed by atoms with E-state index in [1.807, 2.05) is 36.1 Å². The van der Waals surface area contributed by atoms with Crippen LogP contribution in [0.4, 0.5) is 11.4 Å². The molecule has 6 heteroatoms. The van der Waals surface area contributed by atoms with E-state index in [9.17, 15) is 9.59 Å². The Balaban J connectivity index is 1.20. The van der Waals surface area contributed by atoms with Crippen molar-refractivity contribution in [3.8, 4) is 0 Å². The second-order valence-electron chi connectivity index (χ2n) is 9.05. The summed E-state index contributed by atoms with van der Waals surface area (Å²) in [4.78, 5) is 32.0. The summed E-state index contributed by atoms with van der Waals surface area (Å²) in [5.74, 6) is 0.379. The molecule has 2 heterocycles. The molecule has 2 aromatic rings. The third-order valence-electron chi connectivity index (χ3n) is 6.81. The Bertz CT molecular complexity index is 930. The molecule has 0 bridgehead atoms. The third kappa shape index (κ3) is 5.49. The lowest BCUT2D eigenvalue weighted by Crippen LogP contribution is -2.52. The second-order valence-corrected chi connectivity index (χ2v) is 9.05. The first-order valence-corrected chi connectivity index (χ1v) is 11.7. The maximum absolute atomic E-state index is 13.0. The van der Waals surface area contributed by atoms with Crippen molar-refractivity contribution in [3.63, 3.8) is 0 Å². The molecule has 1 N–H and O–H groups in total. The predicted molar refractivity (Wildman–Crippen MR) is 129 cm³/mol. The molecule has 4 rings (SSSR count). The average molecular weight is 435 g/mol. The van der Waals surface area contributed by atoms with E-state index in [1.54, 1.807) is 0 Å². The van der Waals surface area contributed by atoms with E-state index in [1.165, 1.54) is 16.8 Å². The van der Waals surface area contributed by atoms with Crippen molar-refractivity contribution in [3.05, 3.63) is 59.7 Å². The van der Waals surface area contributed by atoms with Gasteiger partial charge in [0.25, 0.3) is 0 Å². The van der Waals surface area contributed by atoms with E-state index in [0.29, 0.717) is 6.54 Å². The van der Waals surface area contributed by atoms with Crippen molar-refractivity contribution >= 4 is 23.2 Å². The number of carbonyl (C=O) groups excluding carboxylic acids is 2. The molecule has 2 aliphatic rings. The van der Waals surface area contributed by atoms with Gasteiger partial charge in [-0.15, -0.1) is 0 Å². The smallest absolute Gasteiger partial charge is 0.238 e. The summed E-state index contributed by atoms with van der Waals surface area (Å²) >= 11 is 0. The minimum atomic E-state index is 0.00932. The molecule has 170 valence electrons. The normalized spacial score (nSPS) is 17.9. The van der Waals surface area contributed by atoms with Gasteiger partial charge < -0.3 is 15.1 Å². The molecule has 2 fully saturated rings. The van der Waals surface area contributed by atoms with Crippen LogP contribution in [0.1, 0.15) is 24.0 Å². The summed E-state index contributed by atoms with van der Waals surface area (Å²) < 4.78 is 0. The van der Waals surface area contributed by atoms with E-state index in [-0.39, 0.29) is 17.7 Å². The number of piperazine rings is 1. The van der Waals surface area contributed by atoms with Crippen LogP contribution in [0.3, 0.4) is 0 Å². The zero-order chi connectivity index (χ0) is 22.5. The van der Waals surface area contributed by atoms with E-state index >= 15 is 0 Å². The highest BCUT2D eigenvalue weighted by molar-refractivity contribution is 5.92. The monoisotopic (exact) mass is 434 g/mol. The van der Waals surface area contributed by atoms with Crippen LogP contribution in [0.15, 0.2) is 48.5 Å². The van der Waals surface area contributed by atoms with E-state index in [0.717, 1.165) is 57.8 Å². The number of carbonyl (C=O) groups is 2. The van der Waals surface area contributed by atoms with Crippen LogP contribution in [0.25, 0.3) is 0 Å². The van der Waals surface area contributed by atoms with Gasteiger partial charge in [0.05, 0.1) is 6.54 Å². The van der Waals surface area contributed by atoms with E-state index < -0.39 is 0 Å². The summed E-state index contributed by atoms with van der Waals surface area (Å²) in [5.41, 5.74) is 4.47. The first kappa shape index (κ1) is 22.3. The van der Waals surface area contributed by atoms with Crippen molar-refractivity contribution in [2.45, 2.75) is 26.7 Å². The summed E-state index contributed by atoms with van der Waals surface area (Å²) in [6.07, 6.45) is 1.66. The first-order valence-electron chi connectivity index (χ1n) is 11.7. The molecule has 6 nitrogen and oxygen atoms in total. The Morgan fingerprint density at radius 2 is 1.56 bits per heavy atom. The molecule has 2 amide bonds. The van der Waals surface area contributed by atoms with Crippen molar-refractivity contribution in [2.24, 2.45) is 5.92 Å². The van der Waals surface area contributed by atoms with Crippen molar-refractivity contribution < 1.29 is 9.59 Å². The molecule has 0 atom stereocenters. The van der Waals surface area contributed by atoms with Gasteiger partial charge in [-0.05, 0) is 75.2 Å². The fourth-order valence-electron chi connectivity index (χ4n) is 4.64. The fraction of sp³-hybridized carbons (Fsp3) is 0.462. The highest BCUT2D eigenvalue weighted by Gasteiger charge is 2.30. The minimum absolute atomic E-state index is 0.00932. The molecule has 0 spiro atoms.